The minimum atomic E-state index is 0.0720. The van der Waals surface area contributed by atoms with Crippen LogP contribution >= 0.6 is 0 Å². The summed E-state index contributed by atoms with van der Waals surface area (Å²) in [7, 11) is 0. The number of anilines is 1. The van der Waals surface area contributed by atoms with Crippen molar-refractivity contribution in [1.29, 1.82) is 0 Å². The van der Waals surface area contributed by atoms with Gasteiger partial charge in [0.05, 0.1) is 0 Å². The molecule has 3 heteroatoms. The van der Waals surface area contributed by atoms with Crippen LogP contribution in [0.1, 0.15) is 13.8 Å². The summed E-state index contributed by atoms with van der Waals surface area (Å²) in [6.07, 6.45) is 1.68. The summed E-state index contributed by atoms with van der Waals surface area (Å²) in [4.78, 5) is 17.0. The molecule has 1 heterocycles. The van der Waals surface area contributed by atoms with Crippen molar-refractivity contribution in [3.63, 3.8) is 0 Å². The van der Waals surface area contributed by atoms with Gasteiger partial charge in [0.25, 0.3) is 0 Å². The van der Waals surface area contributed by atoms with Gasteiger partial charge in [-0.2, -0.15) is 0 Å². The fourth-order valence-electron chi connectivity index (χ4n) is 1.94. The molecule has 84 valence electrons. The third-order valence-electron chi connectivity index (χ3n) is 2.87. The molecule has 0 aliphatic heterocycles. The maximum Gasteiger partial charge on any atom is 0.189 e. The normalized spacial score (nSPS) is 10.6. The van der Waals surface area contributed by atoms with E-state index >= 15 is 0 Å². The van der Waals surface area contributed by atoms with Crippen molar-refractivity contribution in [2.75, 3.05) is 18.0 Å². The molecular formula is C13H16N2O. The van der Waals surface area contributed by atoms with Gasteiger partial charge in [0.1, 0.15) is 0 Å². The molecule has 0 aliphatic carbocycles. The fourth-order valence-corrected chi connectivity index (χ4v) is 1.94. The Kier molecular flexibility index (Phi) is 2.95. The van der Waals surface area contributed by atoms with Crippen LogP contribution in [-0.4, -0.2) is 18.1 Å². The fraction of sp³-hybridized carbons (Fsp3) is 0.308. The first-order valence-electron chi connectivity index (χ1n) is 5.62. The molecule has 0 aliphatic rings. The number of nitrogens with one attached hydrogen (secondary N) is 1. The van der Waals surface area contributed by atoms with Gasteiger partial charge in [-0.05, 0) is 32.0 Å². The van der Waals surface area contributed by atoms with E-state index in [1.165, 1.54) is 0 Å². The monoisotopic (exact) mass is 216 g/mol. The van der Waals surface area contributed by atoms with E-state index in [1.54, 1.807) is 12.3 Å². The highest BCUT2D eigenvalue weighted by atomic mass is 16.1. The molecule has 0 unspecified atom stereocenters. The van der Waals surface area contributed by atoms with Crippen LogP contribution in [0.3, 0.4) is 0 Å². The van der Waals surface area contributed by atoms with E-state index in [-0.39, 0.29) is 5.43 Å². The Morgan fingerprint density at radius 1 is 1.19 bits per heavy atom. The molecule has 2 rings (SSSR count). The minimum Gasteiger partial charge on any atom is -0.372 e. The summed E-state index contributed by atoms with van der Waals surface area (Å²) in [5.41, 5.74) is 2.07. The molecule has 0 radical (unpaired) electrons. The lowest BCUT2D eigenvalue weighted by molar-refractivity contribution is 0.867. The summed E-state index contributed by atoms with van der Waals surface area (Å²) in [6, 6.07) is 7.53. The van der Waals surface area contributed by atoms with Crippen LogP contribution in [-0.2, 0) is 0 Å². The predicted octanol–water partition coefficient (Wildman–Crippen LogP) is 2.37. The first kappa shape index (κ1) is 10.7. The van der Waals surface area contributed by atoms with E-state index < -0.39 is 0 Å². The zero-order chi connectivity index (χ0) is 11.5. The first-order valence-corrected chi connectivity index (χ1v) is 5.62. The van der Waals surface area contributed by atoms with Gasteiger partial charge >= 0.3 is 0 Å². The maximum atomic E-state index is 11.7. The summed E-state index contributed by atoms with van der Waals surface area (Å²) in [5, 5.41) is 0.756. The number of hydrogen-bond acceptors (Lipinski definition) is 2. The summed E-state index contributed by atoms with van der Waals surface area (Å²) < 4.78 is 0. The molecular weight excluding hydrogens is 200 g/mol. The lowest BCUT2D eigenvalue weighted by Gasteiger charge is -2.21. The average Bonchev–Trinajstić information content (AvgIpc) is 2.32. The quantitative estimate of drug-likeness (QED) is 0.855. The molecule has 0 fully saturated rings. The van der Waals surface area contributed by atoms with Crippen molar-refractivity contribution >= 4 is 16.6 Å². The van der Waals surface area contributed by atoms with Gasteiger partial charge in [0.15, 0.2) is 5.43 Å². The van der Waals surface area contributed by atoms with Crippen LogP contribution in [0.4, 0.5) is 5.69 Å². The molecule has 16 heavy (non-hydrogen) atoms. The van der Waals surface area contributed by atoms with Crippen molar-refractivity contribution in [1.82, 2.24) is 4.98 Å². The lowest BCUT2D eigenvalue weighted by atomic mass is 10.2. The van der Waals surface area contributed by atoms with E-state index in [2.05, 4.69) is 23.7 Å². The lowest BCUT2D eigenvalue weighted by Crippen LogP contribution is -2.21. The highest BCUT2D eigenvalue weighted by molar-refractivity contribution is 5.82. The Hall–Kier alpha value is -1.77. The van der Waals surface area contributed by atoms with E-state index in [1.807, 2.05) is 18.2 Å². The maximum absolute atomic E-state index is 11.7. The van der Waals surface area contributed by atoms with Gasteiger partial charge in [0, 0.05) is 41.9 Å². The first-order chi connectivity index (χ1) is 7.76. The molecule has 1 N–H and O–H groups in total. The third kappa shape index (κ3) is 1.81. The Labute approximate surface area is 94.7 Å². The van der Waals surface area contributed by atoms with Crippen LogP contribution in [0.2, 0.25) is 0 Å². The van der Waals surface area contributed by atoms with Crippen molar-refractivity contribution in [3.8, 4) is 0 Å². The molecule has 3 nitrogen and oxygen atoms in total. The smallest absolute Gasteiger partial charge is 0.189 e. The molecule has 0 saturated heterocycles. The van der Waals surface area contributed by atoms with Gasteiger partial charge in [0.2, 0.25) is 0 Å². The van der Waals surface area contributed by atoms with Crippen molar-refractivity contribution in [2.45, 2.75) is 13.8 Å². The van der Waals surface area contributed by atoms with Crippen LogP contribution in [0.5, 0.6) is 0 Å². The Morgan fingerprint density at radius 2 is 1.94 bits per heavy atom. The Morgan fingerprint density at radius 3 is 2.62 bits per heavy atom. The molecule has 0 amide bonds. The molecule has 2 aromatic rings. The van der Waals surface area contributed by atoms with Crippen LogP contribution in [0, 0.1) is 0 Å². The van der Waals surface area contributed by atoms with Crippen LogP contribution < -0.4 is 10.3 Å². The third-order valence-corrected chi connectivity index (χ3v) is 2.87. The van der Waals surface area contributed by atoms with E-state index in [9.17, 15) is 4.79 Å². The highest BCUT2D eigenvalue weighted by Crippen LogP contribution is 2.18. The standard InChI is InChI=1S/C13H16N2O/c1-3-15(4-2)10-5-6-12-11(9-10)13(16)7-8-14-12/h5-9H,3-4H2,1-2H3,(H,14,16). The van der Waals surface area contributed by atoms with Gasteiger partial charge in [-0.1, -0.05) is 0 Å². The molecule has 0 atom stereocenters. The Bertz CT molecular complexity index is 541. The molecule has 0 spiro atoms. The molecule has 0 saturated carbocycles. The topological polar surface area (TPSA) is 36.1 Å². The second kappa shape index (κ2) is 4.39. The SMILES string of the molecule is CCN(CC)c1ccc2[nH]ccc(=O)c2c1. The number of H-pyrrole nitrogens is 1. The second-order valence-electron chi connectivity index (χ2n) is 3.74. The summed E-state index contributed by atoms with van der Waals surface area (Å²) in [6.45, 7) is 6.13. The van der Waals surface area contributed by atoms with E-state index in [0.29, 0.717) is 0 Å². The molecule has 0 bridgehead atoms. The van der Waals surface area contributed by atoms with Crippen molar-refractivity contribution in [2.24, 2.45) is 0 Å². The zero-order valence-electron chi connectivity index (χ0n) is 9.66. The van der Waals surface area contributed by atoms with Crippen molar-refractivity contribution in [3.05, 3.63) is 40.7 Å². The zero-order valence-corrected chi connectivity index (χ0v) is 9.66. The summed E-state index contributed by atoms with van der Waals surface area (Å²) in [5.74, 6) is 0. The molecule has 1 aromatic heterocycles. The number of aromatic nitrogens is 1. The Balaban J connectivity index is 2.59. The molecule has 1 aromatic carbocycles. The van der Waals surface area contributed by atoms with Crippen LogP contribution in [0.15, 0.2) is 35.3 Å². The average molecular weight is 216 g/mol. The highest BCUT2D eigenvalue weighted by Gasteiger charge is 2.04. The number of benzene rings is 1. The summed E-state index contributed by atoms with van der Waals surface area (Å²) >= 11 is 0. The number of fused-ring (bicyclic) bond motifs is 1. The van der Waals surface area contributed by atoms with Gasteiger partial charge < -0.3 is 9.88 Å². The van der Waals surface area contributed by atoms with E-state index in [0.717, 1.165) is 29.7 Å². The number of rotatable bonds is 3. The van der Waals surface area contributed by atoms with Gasteiger partial charge in [-0.25, -0.2) is 0 Å². The largest absolute Gasteiger partial charge is 0.372 e. The van der Waals surface area contributed by atoms with Gasteiger partial charge in [-0.15, -0.1) is 0 Å². The number of pyridine rings is 1. The van der Waals surface area contributed by atoms with E-state index in [4.69, 9.17) is 0 Å². The number of hydrogen-bond donors (Lipinski definition) is 1. The number of nitrogens with zero attached hydrogens (tertiary/aromatic N) is 1. The van der Waals surface area contributed by atoms with Gasteiger partial charge in [-0.3, -0.25) is 4.79 Å². The second-order valence-corrected chi connectivity index (χ2v) is 3.74. The number of aromatic amines is 1. The van der Waals surface area contributed by atoms with Crippen LogP contribution in [0.25, 0.3) is 10.9 Å². The van der Waals surface area contributed by atoms with Crippen molar-refractivity contribution < 1.29 is 0 Å². The minimum absolute atomic E-state index is 0.0720. The predicted molar refractivity (Wildman–Crippen MR) is 68.1 cm³/mol.